The monoisotopic (exact) mass is 371 g/mol. The highest BCUT2D eigenvalue weighted by atomic mass is 16.5. The molecule has 0 radical (unpaired) electrons. The summed E-state index contributed by atoms with van der Waals surface area (Å²) in [5.41, 5.74) is 2.53. The van der Waals surface area contributed by atoms with Gasteiger partial charge in [0.1, 0.15) is 18.7 Å². The van der Waals surface area contributed by atoms with E-state index in [0.717, 1.165) is 42.2 Å². The Labute approximate surface area is 157 Å². The number of nitrogens with one attached hydrogen (secondary N) is 1. The Morgan fingerprint density at radius 2 is 1.93 bits per heavy atom. The predicted molar refractivity (Wildman–Crippen MR) is 101 cm³/mol. The predicted octanol–water partition coefficient (Wildman–Crippen LogP) is 3.15. The lowest BCUT2D eigenvalue weighted by Gasteiger charge is -2.20. The third-order valence-electron chi connectivity index (χ3n) is 5.29. The van der Waals surface area contributed by atoms with Gasteiger partial charge >= 0.3 is 11.6 Å². The molecule has 1 saturated carbocycles. The molecule has 1 aromatic heterocycles. The smallest absolute Gasteiger partial charge is 0.336 e. The maximum atomic E-state index is 12.1. The van der Waals surface area contributed by atoms with Gasteiger partial charge in [-0.05, 0) is 37.8 Å². The molecule has 0 atom stereocenters. The van der Waals surface area contributed by atoms with Crippen LogP contribution in [0.3, 0.4) is 0 Å². The molecule has 1 heterocycles. The highest BCUT2D eigenvalue weighted by Gasteiger charge is 2.21. The van der Waals surface area contributed by atoms with Gasteiger partial charge in [-0.15, -0.1) is 0 Å². The average molecular weight is 371 g/mol. The van der Waals surface area contributed by atoms with Gasteiger partial charge in [0.05, 0.1) is 0 Å². The summed E-state index contributed by atoms with van der Waals surface area (Å²) in [4.78, 5) is 35.9. The van der Waals surface area contributed by atoms with E-state index in [9.17, 15) is 14.4 Å². The zero-order valence-electron chi connectivity index (χ0n) is 15.8. The van der Waals surface area contributed by atoms with Crippen molar-refractivity contribution in [2.45, 2.75) is 52.6 Å². The number of ether oxygens (including phenoxy) is 1. The van der Waals surface area contributed by atoms with Crippen LogP contribution in [-0.2, 0) is 20.9 Å². The van der Waals surface area contributed by atoms with Crippen molar-refractivity contribution in [1.82, 2.24) is 5.32 Å². The van der Waals surface area contributed by atoms with Gasteiger partial charge in [0.15, 0.2) is 0 Å². The van der Waals surface area contributed by atoms with Crippen LogP contribution in [0.1, 0.15) is 48.8 Å². The van der Waals surface area contributed by atoms with Crippen LogP contribution in [0, 0.1) is 19.8 Å². The van der Waals surface area contributed by atoms with Crippen molar-refractivity contribution in [3.63, 3.8) is 0 Å². The van der Waals surface area contributed by atoms with Crippen molar-refractivity contribution in [3.05, 3.63) is 45.3 Å². The lowest BCUT2D eigenvalue weighted by molar-refractivity contribution is -0.145. The zero-order valence-corrected chi connectivity index (χ0v) is 15.8. The Kier molecular flexibility index (Phi) is 5.94. The number of rotatable bonds is 5. The molecule has 2 aromatic rings. The Hall–Kier alpha value is -2.63. The molecule has 3 rings (SSSR count). The van der Waals surface area contributed by atoms with Crippen molar-refractivity contribution in [1.29, 1.82) is 0 Å². The SMILES string of the molecule is Cc1ccc2c(COC(=O)CNC(=O)C3CCCCC3)cc(=O)oc2c1C. The van der Waals surface area contributed by atoms with E-state index in [2.05, 4.69) is 5.32 Å². The molecule has 0 unspecified atom stereocenters. The maximum Gasteiger partial charge on any atom is 0.336 e. The topological polar surface area (TPSA) is 85.6 Å². The molecule has 1 aromatic carbocycles. The third-order valence-corrected chi connectivity index (χ3v) is 5.29. The summed E-state index contributed by atoms with van der Waals surface area (Å²) in [5, 5.41) is 3.41. The first-order chi connectivity index (χ1) is 13.0. The fourth-order valence-corrected chi connectivity index (χ4v) is 3.52. The summed E-state index contributed by atoms with van der Waals surface area (Å²) in [6.07, 6.45) is 5.05. The van der Waals surface area contributed by atoms with Crippen LogP contribution in [-0.4, -0.2) is 18.4 Å². The standard InChI is InChI=1S/C21H25NO5/c1-13-8-9-17-16(10-18(23)27-20(17)14(13)2)12-26-19(24)11-22-21(25)15-6-4-3-5-7-15/h8-10,15H,3-7,11-12H2,1-2H3,(H,22,25). The van der Waals surface area contributed by atoms with Gasteiger partial charge < -0.3 is 14.5 Å². The average Bonchev–Trinajstić information content (AvgIpc) is 2.68. The molecule has 1 aliphatic rings. The number of fused-ring (bicyclic) bond motifs is 1. The second kappa shape index (κ2) is 8.37. The van der Waals surface area contributed by atoms with Crippen LogP contribution in [0.15, 0.2) is 27.4 Å². The fraction of sp³-hybridized carbons (Fsp3) is 0.476. The summed E-state index contributed by atoms with van der Waals surface area (Å²) in [7, 11) is 0. The molecule has 6 nitrogen and oxygen atoms in total. The van der Waals surface area contributed by atoms with Crippen LogP contribution in [0.2, 0.25) is 0 Å². The normalized spacial score (nSPS) is 14.9. The van der Waals surface area contributed by atoms with E-state index >= 15 is 0 Å². The summed E-state index contributed by atoms with van der Waals surface area (Å²) in [6.45, 7) is 3.63. The molecule has 0 spiro atoms. The molecule has 1 aliphatic carbocycles. The minimum atomic E-state index is -0.524. The summed E-state index contributed by atoms with van der Waals surface area (Å²) < 4.78 is 10.6. The highest BCUT2D eigenvalue weighted by molar-refractivity contribution is 5.85. The van der Waals surface area contributed by atoms with Gasteiger partial charge in [0.25, 0.3) is 0 Å². The molecule has 0 saturated heterocycles. The Morgan fingerprint density at radius 1 is 1.19 bits per heavy atom. The molecule has 1 fully saturated rings. The zero-order chi connectivity index (χ0) is 19.4. The number of esters is 1. The Morgan fingerprint density at radius 3 is 2.67 bits per heavy atom. The molecule has 0 bridgehead atoms. The van der Waals surface area contributed by atoms with E-state index in [0.29, 0.717) is 11.1 Å². The maximum absolute atomic E-state index is 12.1. The largest absolute Gasteiger partial charge is 0.459 e. The van der Waals surface area contributed by atoms with E-state index in [1.807, 2.05) is 26.0 Å². The molecule has 1 N–H and O–H groups in total. The highest BCUT2D eigenvalue weighted by Crippen LogP contribution is 2.24. The summed E-state index contributed by atoms with van der Waals surface area (Å²) in [5.74, 6) is -0.603. The fourth-order valence-electron chi connectivity index (χ4n) is 3.52. The second-order valence-corrected chi connectivity index (χ2v) is 7.19. The van der Waals surface area contributed by atoms with E-state index in [4.69, 9.17) is 9.15 Å². The van der Waals surface area contributed by atoms with Crippen molar-refractivity contribution in [2.75, 3.05) is 6.54 Å². The van der Waals surface area contributed by atoms with E-state index in [1.54, 1.807) is 0 Å². The molecular formula is C21H25NO5. The lowest BCUT2D eigenvalue weighted by Crippen LogP contribution is -2.36. The Bertz CT molecular complexity index is 909. The van der Waals surface area contributed by atoms with Crippen LogP contribution in [0.5, 0.6) is 0 Å². The van der Waals surface area contributed by atoms with Crippen molar-refractivity contribution in [3.8, 4) is 0 Å². The second-order valence-electron chi connectivity index (χ2n) is 7.19. The number of carbonyl (C=O) groups is 2. The first-order valence-corrected chi connectivity index (χ1v) is 9.42. The van der Waals surface area contributed by atoms with Crippen LogP contribution in [0.25, 0.3) is 11.0 Å². The quantitative estimate of drug-likeness (QED) is 0.645. The van der Waals surface area contributed by atoms with E-state index in [-0.39, 0.29) is 25.0 Å². The van der Waals surface area contributed by atoms with Crippen molar-refractivity contribution < 1.29 is 18.7 Å². The number of amides is 1. The van der Waals surface area contributed by atoms with Gasteiger partial charge in [-0.1, -0.05) is 31.4 Å². The lowest BCUT2D eigenvalue weighted by atomic mass is 9.89. The molecule has 27 heavy (non-hydrogen) atoms. The molecule has 6 heteroatoms. The number of hydrogen-bond acceptors (Lipinski definition) is 5. The van der Waals surface area contributed by atoms with Crippen LogP contribution in [0.4, 0.5) is 0 Å². The Balaban J connectivity index is 1.61. The number of benzene rings is 1. The summed E-state index contributed by atoms with van der Waals surface area (Å²) in [6, 6.07) is 5.13. The van der Waals surface area contributed by atoms with Crippen LogP contribution < -0.4 is 10.9 Å². The minimum absolute atomic E-state index is 0.000430. The van der Waals surface area contributed by atoms with Gasteiger partial charge in [0, 0.05) is 22.9 Å². The molecule has 144 valence electrons. The number of hydrogen-bond donors (Lipinski definition) is 1. The summed E-state index contributed by atoms with van der Waals surface area (Å²) >= 11 is 0. The first kappa shape index (κ1) is 19.1. The van der Waals surface area contributed by atoms with E-state index < -0.39 is 11.6 Å². The molecule has 1 amide bonds. The van der Waals surface area contributed by atoms with Crippen LogP contribution >= 0.6 is 0 Å². The number of carbonyl (C=O) groups excluding carboxylic acids is 2. The van der Waals surface area contributed by atoms with Crippen molar-refractivity contribution >= 4 is 22.8 Å². The third kappa shape index (κ3) is 4.56. The van der Waals surface area contributed by atoms with Gasteiger partial charge in [-0.25, -0.2) is 4.79 Å². The number of aryl methyl sites for hydroxylation is 2. The molecular weight excluding hydrogens is 346 g/mol. The van der Waals surface area contributed by atoms with Gasteiger partial charge in [-0.3, -0.25) is 9.59 Å². The van der Waals surface area contributed by atoms with Gasteiger partial charge in [-0.2, -0.15) is 0 Å². The molecule has 0 aliphatic heterocycles. The van der Waals surface area contributed by atoms with E-state index in [1.165, 1.54) is 12.5 Å². The van der Waals surface area contributed by atoms with Gasteiger partial charge in [0.2, 0.25) is 5.91 Å². The minimum Gasteiger partial charge on any atom is -0.459 e. The van der Waals surface area contributed by atoms with Crippen molar-refractivity contribution in [2.24, 2.45) is 5.92 Å². The first-order valence-electron chi connectivity index (χ1n) is 9.42.